The van der Waals surface area contributed by atoms with Crippen LogP contribution in [0.25, 0.3) is 0 Å². The summed E-state index contributed by atoms with van der Waals surface area (Å²) in [5.74, 6) is -0.843. The van der Waals surface area contributed by atoms with E-state index in [-0.39, 0.29) is 37.0 Å². The van der Waals surface area contributed by atoms with Crippen LogP contribution < -0.4 is 9.47 Å². The van der Waals surface area contributed by atoms with Crippen molar-refractivity contribution in [3.63, 3.8) is 0 Å². The third kappa shape index (κ3) is 4.50. The Balaban J connectivity index is 1.52. The summed E-state index contributed by atoms with van der Waals surface area (Å²) >= 11 is 0. The summed E-state index contributed by atoms with van der Waals surface area (Å²) in [5.41, 5.74) is -0.949. The molecule has 0 aromatic carbocycles. The highest BCUT2D eigenvalue weighted by Crippen LogP contribution is 2.27. The van der Waals surface area contributed by atoms with E-state index in [1.54, 1.807) is 0 Å². The number of halogens is 4. The van der Waals surface area contributed by atoms with E-state index in [1.807, 2.05) is 0 Å². The summed E-state index contributed by atoms with van der Waals surface area (Å²) < 4.78 is 68.3. The van der Waals surface area contributed by atoms with Crippen LogP contribution in [0.2, 0.25) is 0 Å². The van der Waals surface area contributed by atoms with Gasteiger partial charge in [-0.2, -0.15) is 0 Å². The standard InChI is InChI=1S/C16H15F4N3O5/c1-25-15(7-17)8-23(9-15)14(24)11-5-27-13(22-11)6-26-10-2-3-12(21-4-10)28-16(18,19)20/h2-5H,6-9H2,1H3. The highest BCUT2D eigenvalue weighted by Gasteiger charge is 2.46. The van der Waals surface area contributed by atoms with Crippen molar-refractivity contribution in [3.8, 4) is 11.6 Å². The van der Waals surface area contributed by atoms with E-state index in [4.69, 9.17) is 13.9 Å². The minimum atomic E-state index is -4.83. The van der Waals surface area contributed by atoms with Gasteiger partial charge in [0.25, 0.3) is 5.91 Å². The number of carbonyl (C=O) groups excluding carboxylic acids is 1. The zero-order valence-corrected chi connectivity index (χ0v) is 14.5. The summed E-state index contributed by atoms with van der Waals surface area (Å²) in [7, 11) is 1.38. The Morgan fingerprint density at radius 1 is 1.36 bits per heavy atom. The molecule has 2 aromatic heterocycles. The minimum absolute atomic E-state index is 0.0224. The van der Waals surface area contributed by atoms with Crippen molar-refractivity contribution in [3.05, 3.63) is 36.2 Å². The van der Waals surface area contributed by atoms with Crippen molar-refractivity contribution in [2.75, 3.05) is 26.9 Å². The summed E-state index contributed by atoms with van der Waals surface area (Å²) in [6.07, 6.45) is -2.65. The second-order valence-electron chi connectivity index (χ2n) is 5.98. The number of oxazole rings is 1. The van der Waals surface area contributed by atoms with Gasteiger partial charge in [-0.3, -0.25) is 4.79 Å². The summed E-state index contributed by atoms with van der Waals surface area (Å²) in [6, 6.07) is 2.22. The zero-order valence-electron chi connectivity index (χ0n) is 14.5. The molecule has 0 spiro atoms. The number of pyridine rings is 1. The quantitative estimate of drug-likeness (QED) is 0.654. The van der Waals surface area contributed by atoms with Crippen LogP contribution in [-0.4, -0.2) is 59.6 Å². The number of hydrogen-bond donors (Lipinski definition) is 0. The lowest BCUT2D eigenvalue weighted by atomic mass is 9.95. The van der Waals surface area contributed by atoms with E-state index in [2.05, 4.69) is 14.7 Å². The van der Waals surface area contributed by atoms with Crippen molar-refractivity contribution in [1.29, 1.82) is 0 Å². The molecule has 3 rings (SSSR count). The molecule has 0 radical (unpaired) electrons. The second kappa shape index (κ2) is 7.62. The topological polar surface area (TPSA) is 86.9 Å². The van der Waals surface area contributed by atoms with Gasteiger partial charge in [-0.25, -0.2) is 14.4 Å². The van der Waals surface area contributed by atoms with Crippen molar-refractivity contribution in [2.45, 2.75) is 18.6 Å². The molecule has 28 heavy (non-hydrogen) atoms. The van der Waals surface area contributed by atoms with Crippen LogP contribution in [0.1, 0.15) is 16.4 Å². The van der Waals surface area contributed by atoms with Crippen LogP contribution >= 0.6 is 0 Å². The van der Waals surface area contributed by atoms with Crippen molar-refractivity contribution >= 4 is 5.91 Å². The minimum Gasteiger partial charge on any atom is -0.482 e. The largest absolute Gasteiger partial charge is 0.574 e. The van der Waals surface area contributed by atoms with Crippen LogP contribution in [0, 0.1) is 0 Å². The predicted molar refractivity (Wildman–Crippen MR) is 83.4 cm³/mol. The maximum absolute atomic E-state index is 12.9. The summed E-state index contributed by atoms with van der Waals surface area (Å²) in [6.45, 7) is -0.669. The van der Waals surface area contributed by atoms with E-state index in [0.717, 1.165) is 18.5 Å². The van der Waals surface area contributed by atoms with Gasteiger partial charge in [0.2, 0.25) is 11.8 Å². The molecule has 8 nitrogen and oxygen atoms in total. The van der Waals surface area contributed by atoms with Crippen LogP contribution in [0.3, 0.4) is 0 Å². The average molecular weight is 405 g/mol. The monoisotopic (exact) mass is 405 g/mol. The fourth-order valence-electron chi connectivity index (χ4n) is 2.47. The second-order valence-corrected chi connectivity index (χ2v) is 5.98. The van der Waals surface area contributed by atoms with Gasteiger partial charge in [0.15, 0.2) is 12.3 Å². The normalized spacial score (nSPS) is 15.8. The number of likely N-dealkylation sites (tertiary alicyclic amines) is 1. The van der Waals surface area contributed by atoms with Crippen molar-refractivity contribution in [1.82, 2.24) is 14.9 Å². The van der Waals surface area contributed by atoms with Crippen molar-refractivity contribution < 1.29 is 41.0 Å². The molecule has 0 bridgehead atoms. The first kappa shape index (κ1) is 19.9. The summed E-state index contributed by atoms with van der Waals surface area (Å²) in [4.78, 5) is 21.1. The molecule has 2 aromatic rings. The lowest BCUT2D eigenvalue weighted by Crippen LogP contribution is -2.65. The van der Waals surface area contributed by atoms with E-state index in [0.29, 0.717) is 0 Å². The number of aromatic nitrogens is 2. The molecule has 0 aliphatic carbocycles. The fourth-order valence-corrected chi connectivity index (χ4v) is 2.47. The lowest BCUT2D eigenvalue weighted by molar-refractivity contribution is -0.276. The van der Waals surface area contributed by atoms with Gasteiger partial charge >= 0.3 is 6.36 Å². The Morgan fingerprint density at radius 2 is 2.11 bits per heavy atom. The molecule has 0 saturated carbocycles. The highest BCUT2D eigenvalue weighted by atomic mass is 19.4. The Morgan fingerprint density at radius 3 is 2.68 bits per heavy atom. The molecular formula is C16H15F4N3O5. The van der Waals surface area contributed by atoms with E-state index in [1.165, 1.54) is 18.1 Å². The number of ether oxygens (including phenoxy) is 3. The molecule has 1 fully saturated rings. The molecule has 1 aliphatic heterocycles. The van der Waals surface area contributed by atoms with Gasteiger partial charge in [0.1, 0.15) is 24.3 Å². The van der Waals surface area contributed by atoms with Gasteiger partial charge < -0.3 is 23.5 Å². The third-order valence-corrected chi connectivity index (χ3v) is 3.98. The Labute approximate surface area is 156 Å². The first-order valence-electron chi connectivity index (χ1n) is 7.93. The van der Waals surface area contributed by atoms with E-state index in [9.17, 15) is 22.4 Å². The molecule has 1 amide bonds. The van der Waals surface area contributed by atoms with Crippen LogP contribution in [0.4, 0.5) is 17.6 Å². The van der Waals surface area contributed by atoms with E-state index < -0.39 is 30.4 Å². The highest BCUT2D eigenvalue weighted by molar-refractivity contribution is 5.92. The molecule has 1 aliphatic rings. The first-order valence-corrected chi connectivity index (χ1v) is 7.93. The number of carbonyl (C=O) groups is 1. The Bertz CT molecular complexity index is 812. The van der Waals surface area contributed by atoms with Crippen LogP contribution in [-0.2, 0) is 11.3 Å². The molecule has 1 saturated heterocycles. The van der Waals surface area contributed by atoms with Gasteiger partial charge in [-0.15, -0.1) is 13.2 Å². The molecule has 0 atom stereocenters. The Kier molecular flexibility index (Phi) is 5.40. The lowest BCUT2D eigenvalue weighted by Gasteiger charge is -2.46. The van der Waals surface area contributed by atoms with Crippen molar-refractivity contribution in [2.24, 2.45) is 0 Å². The maximum Gasteiger partial charge on any atom is 0.574 e. The molecule has 0 unspecified atom stereocenters. The molecule has 12 heteroatoms. The molecular weight excluding hydrogens is 390 g/mol. The van der Waals surface area contributed by atoms with Crippen LogP contribution in [0.5, 0.6) is 11.6 Å². The molecule has 0 N–H and O–H groups in total. The van der Waals surface area contributed by atoms with Gasteiger partial charge in [0.05, 0.1) is 19.3 Å². The number of nitrogens with zero attached hydrogens (tertiary/aromatic N) is 3. The number of rotatable bonds is 7. The summed E-state index contributed by atoms with van der Waals surface area (Å²) in [5, 5.41) is 0. The number of methoxy groups -OCH3 is 1. The smallest absolute Gasteiger partial charge is 0.482 e. The predicted octanol–water partition coefficient (Wildman–Crippen LogP) is 2.36. The fraction of sp³-hybridized carbons (Fsp3) is 0.438. The van der Waals surface area contributed by atoms with Gasteiger partial charge in [0, 0.05) is 13.2 Å². The Hall–Kier alpha value is -2.89. The van der Waals surface area contributed by atoms with Gasteiger partial charge in [-0.1, -0.05) is 0 Å². The molecule has 152 valence electrons. The van der Waals surface area contributed by atoms with Crippen LogP contribution in [0.15, 0.2) is 29.0 Å². The molecule has 3 heterocycles. The van der Waals surface area contributed by atoms with Gasteiger partial charge in [-0.05, 0) is 6.07 Å². The first-order chi connectivity index (χ1) is 13.2. The maximum atomic E-state index is 12.9. The zero-order chi connectivity index (χ0) is 20.4. The number of alkyl halides is 4. The third-order valence-electron chi connectivity index (χ3n) is 3.98. The SMILES string of the molecule is COC1(CF)CN(C(=O)c2coc(COc3ccc(OC(F)(F)F)nc3)n2)C1. The average Bonchev–Trinajstić information content (AvgIpc) is 3.09. The van der Waals surface area contributed by atoms with E-state index >= 15 is 0 Å². The number of hydrogen-bond acceptors (Lipinski definition) is 7. The number of amides is 1.